The topological polar surface area (TPSA) is 30.7 Å². The van der Waals surface area contributed by atoms with E-state index in [9.17, 15) is 4.39 Å². The lowest BCUT2D eigenvalue weighted by atomic mass is 10.0. The van der Waals surface area contributed by atoms with Crippen molar-refractivity contribution in [3.05, 3.63) is 60.8 Å². The quantitative estimate of drug-likeness (QED) is 0.723. The minimum atomic E-state index is -0.230. The van der Waals surface area contributed by atoms with E-state index in [4.69, 9.17) is 5.10 Å². The summed E-state index contributed by atoms with van der Waals surface area (Å²) in [5.74, 6) is 0.526. The van der Waals surface area contributed by atoms with E-state index < -0.39 is 0 Å². The van der Waals surface area contributed by atoms with Crippen molar-refractivity contribution >= 4 is 0 Å². The van der Waals surface area contributed by atoms with Gasteiger partial charge in [0.1, 0.15) is 11.5 Å². The van der Waals surface area contributed by atoms with Gasteiger partial charge in [0.25, 0.3) is 0 Å². The lowest BCUT2D eigenvalue weighted by molar-refractivity contribution is 0.565. The highest BCUT2D eigenvalue weighted by Gasteiger charge is 2.23. The zero-order valence-electron chi connectivity index (χ0n) is 12.1. The fourth-order valence-electron chi connectivity index (χ4n) is 2.64. The number of nitrogens with zero attached hydrogens (tertiary/aromatic N) is 3. The van der Waals surface area contributed by atoms with Crippen LogP contribution < -0.4 is 0 Å². The molecule has 110 valence electrons. The van der Waals surface area contributed by atoms with Crippen molar-refractivity contribution in [1.82, 2.24) is 14.8 Å². The fourth-order valence-corrected chi connectivity index (χ4v) is 2.64. The molecular formula is C18H16FN3. The molecule has 0 aliphatic heterocycles. The molecule has 3 aromatic rings. The van der Waals surface area contributed by atoms with Crippen LogP contribution in [0.1, 0.15) is 12.8 Å². The summed E-state index contributed by atoms with van der Waals surface area (Å²) in [7, 11) is 0. The first-order valence-corrected chi connectivity index (χ1v) is 7.53. The molecule has 0 amide bonds. The molecule has 1 aromatic carbocycles. The number of halogens is 1. The molecule has 4 rings (SSSR count). The first-order valence-electron chi connectivity index (χ1n) is 7.53. The second kappa shape index (κ2) is 5.37. The van der Waals surface area contributed by atoms with Gasteiger partial charge in [-0.05, 0) is 60.7 Å². The van der Waals surface area contributed by atoms with Gasteiger partial charge in [-0.25, -0.2) is 4.39 Å². The molecule has 0 spiro atoms. The summed E-state index contributed by atoms with van der Waals surface area (Å²) in [6.45, 7) is 0.958. The van der Waals surface area contributed by atoms with E-state index >= 15 is 0 Å². The van der Waals surface area contributed by atoms with E-state index in [1.54, 1.807) is 24.5 Å². The number of aromatic nitrogens is 3. The highest BCUT2D eigenvalue weighted by molar-refractivity contribution is 5.80. The van der Waals surface area contributed by atoms with Crippen LogP contribution in [0.4, 0.5) is 4.39 Å². The van der Waals surface area contributed by atoms with Crippen LogP contribution >= 0.6 is 0 Å². The summed E-state index contributed by atoms with van der Waals surface area (Å²) < 4.78 is 15.2. The van der Waals surface area contributed by atoms with E-state index in [-0.39, 0.29) is 5.82 Å². The van der Waals surface area contributed by atoms with E-state index in [2.05, 4.69) is 11.2 Å². The molecule has 0 N–H and O–H groups in total. The summed E-state index contributed by atoms with van der Waals surface area (Å²) >= 11 is 0. The van der Waals surface area contributed by atoms with Crippen LogP contribution in [-0.2, 0) is 6.54 Å². The molecule has 0 bridgehead atoms. The Morgan fingerprint density at radius 1 is 1.00 bits per heavy atom. The average molecular weight is 293 g/mol. The molecule has 1 fully saturated rings. The zero-order valence-corrected chi connectivity index (χ0v) is 12.1. The summed E-state index contributed by atoms with van der Waals surface area (Å²) in [4.78, 5) is 4.07. The van der Waals surface area contributed by atoms with E-state index in [0.717, 1.165) is 34.8 Å². The fraction of sp³-hybridized carbons (Fsp3) is 0.222. The third-order valence-electron chi connectivity index (χ3n) is 4.01. The van der Waals surface area contributed by atoms with Gasteiger partial charge in [-0.3, -0.25) is 9.67 Å². The Morgan fingerprint density at radius 3 is 2.41 bits per heavy atom. The van der Waals surface area contributed by atoms with Gasteiger partial charge in [0.05, 0.1) is 0 Å². The molecule has 1 aliphatic carbocycles. The molecule has 2 heterocycles. The van der Waals surface area contributed by atoms with Crippen molar-refractivity contribution in [3.8, 4) is 22.4 Å². The second-order valence-electron chi connectivity index (χ2n) is 5.80. The van der Waals surface area contributed by atoms with Gasteiger partial charge < -0.3 is 0 Å². The molecule has 2 aromatic heterocycles. The Morgan fingerprint density at radius 2 is 1.73 bits per heavy atom. The minimum Gasteiger partial charge on any atom is -0.271 e. The number of hydrogen-bond donors (Lipinski definition) is 0. The molecule has 22 heavy (non-hydrogen) atoms. The summed E-state index contributed by atoms with van der Waals surface area (Å²) in [6, 6.07) is 10.5. The molecule has 0 unspecified atom stereocenters. The van der Waals surface area contributed by atoms with Gasteiger partial charge in [0.2, 0.25) is 0 Å². The third-order valence-corrected chi connectivity index (χ3v) is 4.01. The van der Waals surface area contributed by atoms with Gasteiger partial charge in [-0.15, -0.1) is 0 Å². The van der Waals surface area contributed by atoms with Crippen LogP contribution in [0, 0.1) is 11.7 Å². The van der Waals surface area contributed by atoms with Crippen LogP contribution in [0.5, 0.6) is 0 Å². The van der Waals surface area contributed by atoms with Gasteiger partial charge in [-0.2, -0.15) is 5.10 Å². The van der Waals surface area contributed by atoms with Crippen molar-refractivity contribution in [3.63, 3.8) is 0 Å². The molecule has 4 heteroatoms. The maximum absolute atomic E-state index is 13.2. The smallest absolute Gasteiger partial charge is 0.123 e. The summed E-state index contributed by atoms with van der Waals surface area (Å²) in [5.41, 5.74) is 3.97. The van der Waals surface area contributed by atoms with Crippen LogP contribution in [0.25, 0.3) is 22.4 Å². The maximum Gasteiger partial charge on any atom is 0.123 e. The van der Waals surface area contributed by atoms with Gasteiger partial charge in [-0.1, -0.05) is 0 Å². The number of rotatable bonds is 4. The van der Waals surface area contributed by atoms with Crippen LogP contribution in [0.3, 0.4) is 0 Å². The highest BCUT2D eigenvalue weighted by atomic mass is 19.1. The monoisotopic (exact) mass is 293 g/mol. The van der Waals surface area contributed by atoms with Gasteiger partial charge >= 0.3 is 0 Å². The SMILES string of the molecule is Fc1ccc(-c2nn(CC3CC3)cc2-c2ccncc2)cc1. The normalized spacial score (nSPS) is 14.2. The third kappa shape index (κ3) is 2.64. The van der Waals surface area contributed by atoms with E-state index in [1.807, 2.05) is 16.8 Å². The lowest BCUT2D eigenvalue weighted by Crippen LogP contribution is -1.99. The van der Waals surface area contributed by atoms with Crippen molar-refractivity contribution < 1.29 is 4.39 Å². The Labute approximate surface area is 128 Å². The number of pyridine rings is 1. The Hall–Kier alpha value is -2.49. The van der Waals surface area contributed by atoms with Crippen molar-refractivity contribution in [2.75, 3.05) is 0 Å². The molecule has 1 aliphatic rings. The lowest BCUT2D eigenvalue weighted by Gasteiger charge is -2.02. The van der Waals surface area contributed by atoms with Crippen molar-refractivity contribution in [2.45, 2.75) is 19.4 Å². The average Bonchev–Trinajstić information content (AvgIpc) is 3.26. The minimum absolute atomic E-state index is 0.230. The Balaban J connectivity index is 1.80. The van der Waals surface area contributed by atoms with Crippen LogP contribution in [-0.4, -0.2) is 14.8 Å². The Kier molecular flexibility index (Phi) is 3.22. The van der Waals surface area contributed by atoms with Crippen molar-refractivity contribution in [1.29, 1.82) is 0 Å². The largest absolute Gasteiger partial charge is 0.271 e. The van der Waals surface area contributed by atoms with Crippen molar-refractivity contribution in [2.24, 2.45) is 5.92 Å². The predicted octanol–water partition coefficient (Wildman–Crippen LogP) is 4.16. The molecular weight excluding hydrogens is 277 g/mol. The molecule has 0 saturated heterocycles. The predicted molar refractivity (Wildman–Crippen MR) is 83.6 cm³/mol. The molecule has 0 atom stereocenters. The van der Waals surface area contributed by atoms with Crippen LogP contribution in [0.15, 0.2) is 55.0 Å². The van der Waals surface area contributed by atoms with Gasteiger partial charge in [0.15, 0.2) is 0 Å². The summed E-state index contributed by atoms with van der Waals surface area (Å²) in [5, 5.41) is 4.74. The first kappa shape index (κ1) is 13.2. The highest BCUT2D eigenvalue weighted by Crippen LogP contribution is 2.34. The van der Waals surface area contributed by atoms with Gasteiger partial charge in [0, 0.05) is 36.3 Å². The summed E-state index contributed by atoms with van der Waals surface area (Å²) in [6.07, 6.45) is 8.23. The first-order chi connectivity index (χ1) is 10.8. The zero-order chi connectivity index (χ0) is 14.9. The number of hydrogen-bond acceptors (Lipinski definition) is 2. The molecule has 0 radical (unpaired) electrons. The Bertz CT molecular complexity index is 774. The molecule has 1 saturated carbocycles. The van der Waals surface area contributed by atoms with E-state index in [1.165, 1.54) is 25.0 Å². The number of benzene rings is 1. The standard InChI is InChI=1S/C18H16FN3/c19-16-5-3-15(4-6-16)18-17(14-7-9-20-10-8-14)12-22(21-18)11-13-1-2-13/h3-10,12-13H,1-2,11H2. The van der Waals surface area contributed by atoms with Crippen LogP contribution in [0.2, 0.25) is 0 Å². The molecule has 3 nitrogen and oxygen atoms in total. The second-order valence-corrected chi connectivity index (χ2v) is 5.80. The van der Waals surface area contributed by atoms with E-state index in [0.29, 0.717) is 0 Å². The maximum atomic E-state index is 13.2.